The number of fused-ring (bicyclic) bond motifs is 4. The molecule has 1 N–H and O–H groups in total. The molecule has 6 unspecified atom stereocenters. The van der Waals surface area contributed by atoms with E-state index < -0.39 is 35.0 Å². The Balaban J connectivity index is 1.32. The molecule has 3 aromatic carbocycles. The van der Waals surface area contributed by atoms with Crippen LogP contribution in [0.5, 0.6) is 0 Å². The van der Waals surface area contributed by atoms with Gasteiger partial charge in [0.25, 0.3) is 0 Å². The van der Waals surface area contributed by atoms with Crippen molar-refractivity contribution in [3.63, 3.8) is 0 Å². The zero-order chi connectivity index (χ0) is 34.0. The molecule has 1 saturated heterocycles. The van der Waals surface area contributed by atoms with Gasteiger partial charge >= 0.3 is 0 Å². The number of furan rings is 1. The molecule has 0 bridgehead atoms. The number of aliphatic hydroxyl groups excluding tert-OH is 1. The molecule has 2 amide bonds. The van der Waals surface area contributed by atoms with E-state index in [2.05, 4.69) is 0 Å². The highest BCUT2D eigenvalue weighted by Crippen LogP contribution is 2.63. The predicted octanol–water partition coefficient (Wildman–Crippen LogP) is 6.00. The SMILES string of the molecule is CC(=O)c1ccc(N2C(=O)C3CC=C4C(CC5C(=O)C(c6ccccc6)=CC(=O)C5(c5ccccc5)C4c4ccc(CO)o4)C3C2=O)cc1. The first kappa shape index (κ1) is 30.8. The fourth-order valence-corrected chi connectivity index (χ4v) is 8.92. The topological polar surface area (TPSA) is 122 Å². The molecule has 0 spiro atoms. The summed E-state index contributed by atoms with van der Waals surface area (Å²) in [7, 11) is 0. The van der Waals surface area contributed by atoms with Gasteiger partial charge in [-0.3, -0.25) is 28.9 Å². The lowest BCUT2D eigenvalue weighted by Crippen LogP contribution is -2.58. The van der Waals surface area contributed by atoms with E-state index in [0.29, 0.717) is 39.5 Å². The van der Waals surface area contributed by atoms with E-state index in [9.17, 15) is 29.1 Å². The molecule has 3 aliphatic carbocycles. The van der Waals surface area contributed by atoms with Crippen molar-refractivity contribution in [1.82, 2.24) is 0 Å². The molecule has 244 valence electrons. The quantitative estimate of drug-likeness (QED) is 0.154. The van der Waals surface area contributed by atoms with Gasteiger partial charge in [0.2, 0.25) is 11.8 Å². The second kappa shape index (κ2) is 11.6. The number of anilines is 1. The van der Waals surface area contributed by atoms with Crippen molar-refractivity contribution >= 4 is 40.4 Å². The Hall–Kier alpha value is -5.47. The minimum absolute atomic E-state index is 0.124. The normalized spacial score (nSPS) is 27.6. The molecule has 1 aliphatic heterocycles. The van der Waals surface area contributed by atoms with E-state index in [-0.39, 0.29) is 48.6 Å². The van der Waals surface area contributed by atoms with Crippen LogP contribution in [0.4, 0.5) is 5.69 Å². The molecule has 2 fully saturated rings. The summed E-state index contributed by atoms with van der Waals surface area (Å²) in [6, 6.07) is 28.2. The number of nitrogens with zero attached hydrogens (tertiary/aromatic N) is 1. The van der Waals surface area contributed by atoms with Gasteiger partial charge in [-0.2, -0.15) is 0 Å². The summed E-state index contributed by atoms with van der Waals surface area (Å²) in [6.45, 7) is 1.10. The van der Waals surface area contributed by atoms with E-state index in [0.717, 1.165) is 5.57 Å². The van der Waals surface area contributed by atoms with E-state index >= 15 is 0 Å². The Morgan fingerprint density at radius 1 is 0.857 bits per heavy atom. The molecular weight excluding hydrogens is 618 g/mol. The van der Waals surface area contributed by atoms with Crippen LogP contribution in [0.15, 0.2) is 119 Å². The fraction of sp³-hybridized carbons (Fsp3) is 0.244. The van der Waals surface area contributed by atoms with Gasteiger partial charge < -0.3 is 9.52 Å². The molecule has 1 aromatic heterocycles. The first-order chi connectivity index (χ1) is 23.7. The van der Waals surface area contributed by atoms with Gasteiger partial charge in [0.05, 0.1) is 28.9 Å². The third-order valence-corrected chi connectivity index (χ3v) is 11.0. The van der Waals surface area contributed by atoms with Gasteiger partial charge in [-0.25, -0.2) is 0 Å². The van der Waals surface area contributed by atoms with Crippen LogP contribution in [0.25, 0.3) is 5.57 Å². The average Bonchev–Trinajstić information content (AvgIpc) is 3.71. The molecule has 2 heterocycles. The summed E-state index contributed by atoms with van der Waals surface area (Å²) < 4.78 is 6.23. The molecular formula is C41H33NO7. The predicted molar refractivity (Wildman–Crippen MR) is 180 cm³/mol. The minimum atomic E-state index is -1.40. The molecule has 8 rings (SSSR count). The number of imide groups is 1. The maximum Gasteiger partial charge on any atom is 0.238 e. The van der Waals surface area contributed by atoms with Crippen LogP contribution < -0.4 is 4.90 Å². The molecule has 49 heavy (non-hydrogen) atoms. The summed E-state index contributed by atoms with van der Waals surface area (Å²) in [6.07, 6.45) is 3.89. The molecule has 6 atom stereocenters. The number of Topliss-reactive ketones (excluding diaryl/α,β-unsaturated/α-hetero) is 2. The summed E-state index contributed by atoms with van der Waals surface area (Å²) >= 11 is 0. The number of hydrogen-bond donors (Lipinski definition) is 1. The van der Waals surface area contributed by atoms with Crippen molar-refractivity contribution in [2.24, 2.45) is 23.7 Å². The lowest BCUT2D eigenvalue weighted by atomic mass is 9.45. The number of aliphatic hydroxyl groups is 1. The molecule has 4 aromatic rings. The van der Waals surface area contributed by atoms with Crippen LogP contribution in [0.1, 0.15) is 58.7 Å². The number of hydrogen-bond acceptors (Lipinski definition) is 7. The number of allylic oxidation sites excluding steroid dienone is 4. The molecule has 1 saturated carbocycles. The Labute approximate surface area is 282 Å². The monoisotopic (exact) mass is 651 g/mol. The first-order valence-corrected chi connectivity index (χ1v) is 16.5. The van der Waals surface area contributed by atoms with Gasteiger partial charge in [0, 0.05) is 17.1 Å². The summed E-state index contributed by atoms with van der Waals surface area (Å²) in [4.78, 5) is 71.4. The number of carbonyl (C=O) groups excluding carboxylic acids is 5. The number of rotatable bonds is 6. The van der Waals surface area contributed by atoms with Crippen LogP contribution in [-0.4, -0.2) is 34.3 Å². The third-order valence-electron chi connectivity index (χ3n) is 11.0. The second-order valence-electron chi connectivity index (χ2n) is 13.4. The van der Waals surface area contributed by atoms with Crippen LogP contribution >= 0.6 is 0 Å². The highest BCUT2D eigenvalue weighted by Gasteiger charge is 2.66. The Kier molecular flexibility index (Phi) is 7.30. The lowest BCUT2D eigenvalue weighted by molar-refractivity contribution is -0.135. The van der Waals surface area contributed by atoms with E-state index in [4.69, 9.17) is 4.42 Å². The van der Waals surface area contributed by atoms with Crippen molar-refractivity contribution in [1.29, 1.82) is 0 Å². The zero-order valence-electron chi connectivity index (χ0n) is 26.7. The van der Waals surface area contributed by atoms with Crippen molar-refractivity contribution in [3.8, 4) is 0 Å². The van der Waals surface area contributed by atoms with E-state index in [1.807, 2.05) is 66.7 Å². The Bertz CT molecular complexity index is 2090. The smallest absolute Gasteiger partial charge is 0.238 e. The van der Waals surface area contributed by atoms with Gasteiger partial charge in [0.15, 0.2) is 17.3 Å². The number of ketones is 3. The maximum absolute atomic E-state index is 15.0. The molecule has 8 heteroatoms. The van der Waals surface area contributed by atoms with Gasteiger partial charge in [-0.1, -0.05) is 72.3 Å². The second-order valence-corrected chi connectivity index (χ2v) is 13.4. The molecule has 4 aliphatic rings. The first-order valence-electron chi connectivity index (χ1n) is 16.5. The summed E-state index contributed by atoms with van der Waals surface area (Å²) in [5.74, 6) is -4.16. The van der Waals surface area contributed by atoms with Gasteiger partial charge in [-0.15, -0.1) is 0 Å². The number of amides is 2. The lowest BCUT2D eigenvalue weighted by Gasteiger charge is -2.54. The Morgan fingerprint density at radius 2 is 1.55 bits per heavy atom. The number of benzene rings is 3. The van der Waals surface area contributed by atoms with Crippen LogP contribution in [-0.2, 0) is 31.2 Å². The van der Waals surface area contributed by atoms with Crippen LogP contribution in [0.3, 0.4) is 0 Å². The standard InChI is InChI=1S/C41H33NO7/c1-23(44)24-12-14-27(15-13-24)42-39(47)30-18-17-29-32(36(30)40(42)48)20-33-38(46)31(25-8-4-2-5-9-25)21-35(45)41(33,26-10-6-3-7-11-26)37(29)34-19-16-28(22-43)49-34/h2-17,19,21,30,32-33,36-37,43H,18,20,22H2,1H3. The van der Waals surface area contributed by atoms with E-state index in [1.54, 1.807) is 36.4 Å². The fourth-order valence-electron chi connectivity index (χ4n) is 8.92. The largest absolute Gasteiger partial charge is 0.463 e. The van der Waals surface area contributed by atoms with Crippen molar-refractivity contribution in [3.05, 3.63) is 143 Å². The molecule has 8 nitrogen and oxygen atoms in total. The third kappa shape index (κ3) is 4.51. The highest BCUT2D eigenvalue weighted by molar-refractivity contribution is 6.32. The number of carbonyl (C=O) groups is 5. The van der Waals surface area contributed by atoms with Gasteiger partial charge in [-0.05, 0) is 79.3 Å². The average molecular weight is 652 g/mol. The zero-order valence-corrected chi connectivity index (χ0v) is 26.7. The molecule has 0 radical (unpaired) electrons. The van der Waals surface area contributed by atoms with Crippen molar-refractivity contribution in [2.75, 3.05) is 4.90 Å². The summed E-state index contributed by atoms with van der Waals surface area (Å²) in [5, 5.41) is 9.98. The van der Waals surface area contributed by atoms with Crippen molar-refractivity contribution in [2.45, 2.75) is 37.7 Å². The van der Waals surface area contributed by atoms with Crippen LogP contribution in [0.2, 0.25) is 0 Å². The summed E-state index contributed by atoms with van der Waals surface area (Å²) in [5.41, 5.74) is 1.86. The van der Waals surface area contributed by atoms with E-state index in [1.165, 1.54) is 17.9 Å². The maximum atomic E-state index is 15.0. The minimum Gasteiger partial charge on any atom is -0.463 e. The van der Waals surface area contributed by atoms with Gasteiger partial charge in [0.1, 0.15) is 18.1 Å². The van der Waals surface area contributed by atoms with Crippen molar-refractivity contribution < 1.29 is 33.5 Å². The Morgan fingerprint density at radius 3 is 2.20 bits per heavy atom. The highest BCUT2D eigenvalue weighted by atomic mass is 16.4. The van der Waals surface area contributed by atoms with Crippen LogP contribution in [0, 0.1) is 23.7 Å².